The number of nitrogens with zero attached hydrogens (tertiary/aromatic N) is 2. The summed E-state index contributed by atoms with van der Waals surface area (Å²) in [6.45, 7) is 2.14. The highest BCUT2D eigenvalue weighted by Gasteiger charge is 2.57. The first kappa shape index (κ1) is 15.8. The van der Waals surface area contributed by atoms with Crippen LogP contribution >= 0.6 is 0 Å². The third kappa shape index (κ3) is 2.42. The molecule has 5 nitrogen and oxygen atoms in total. The summed E-state index contributed by atoms with van der Waals surface area (Å²) < 4.78 is 69.1. The van der Waals surface area contributed by atoms with Gasteiger partial charge in [0.2, 0.25) is 5.89 Å². The number of pyridine rings is 1. The van der Waals surface area contributed by atoms with E-state index in [0.29, 0.717) is 17.9 Å². The van der Waals surface area contributed by atoms with Crippen molar-refractivity contribution in [3.05, 3.63) is 41.7 Å². The first-order valence-corrected chi connectivity index (χ1v) is 7.30. The Kier molecular flexibility index (Phi) is 3.26. The quantitative estimate of drug-likeness (QED) is 0.652. The van der Waals surface area contributed by atoms with E-state index in [1.54, 1.807) is 13.0 Å². The summed E-state index contributed by atoms with van der Waals surface area (Å²) in [6, 6.07) is 3.24. The number of benzene rings is 1. The molecule has 1 aromatic carbocycles. The van der Waals surface area contributed by atoms with Gasteiger partial charge in [-0.1, -0.05) is 0 Å². The van der Waals surface area contributed by atoms with Crippen molar-refractivity contribution in [3.63, 3.8) is 0 Å². The lowest BCUT2D eigenvalue weighted by molar-refractivity contribution is -0.369. The largest absolute Gasteiger partial charge is 0.491 e. The Labute approximate surface area is 138 Å². The summed E-state index contributed by atoms with van der Waals surface area (Å²) in [4.78, 5) is 8.03. The van der Waals surface area contributed by atoms with E-state index in [0.717, 1.165) is 12.1 Å². The van der Waals surface area contributed by atoms with Crippen molar-refractivity contribution < 1.29 is 31.5 Å². The topological polar surface area (TPSA) is 57.4 Å². The van der Waals surface area contributed by atoms with Crippen LogP contribution in [0.25, 0.3) is 22.6 Å². The van der Waals surface area contributed by atoms with E-state index in [-0.39, 0.29) is 17.0 Å². The van der Waals surface area contributed by atoms with Crippen LogP contribution in [0.2, 0.25) is 0 Å². The maximum Gasteiger partial charge on any atom is 0.388 e. The average molecular weight is 354 g/mol. The van der Waals surface area contributed by atoms with E-state index >= 15 is 0 Å². The van der Waals surface area contributed by atoms with E-state index in [4.69, 9.17) is 9.15 Å². The SMILES string of the molecule is CCOc1cnccc1-c1nc2cc3c(cc2o1)C(F)(F)OC3(F)F. The Hall–Kier alpha value is -2.68. The molecular formula is C16H10F4N2O3. The zero-order valence-corrected chi connectivity index (χ0v) is 12.7. The van der Waals surface area contributed by atoms with Gasteiger partial charge in [-0.3, -0.25) is 4.98 Å². The maximum atomic E-state index is 13.7. The molecule has 0 radical (unpaired) electrons. The summed E-state index contributed by atoms with van der Waals surface area (Å²) in [5.74, 6) is 0.431. The second-order valence-corrected chi connectivity index (χ2v) is 5.32. The highest BCUT2D eigenvalue weighted by atomic mass is 19.3. The molecule has 9 heteroatoms. The molecule has 130 valence electrons. The van der Waals surface area contributed by atoms with Crippen LogP contribution in [0, 0.1) is 0 Å². The Morgan fingerprint density at radius 1 is 1.12 bits per heavy atom. The van der Waals surface area contributed by atoms with Crippen molar-refractivity contribution in [1.29, 1.82) is 0 Å². The minimum atomic E-state index is -4.10. The van der Waals surface area contributed by atoms with Crippen molar-refractivity contribution in [2.24, 2.45) is 0 Å². The van der Waals surface area contributed by atoms with Gasteiger partial charge in [0.05, 0.1) is 29.5 Å². The molecule has 0 N–H and O–H groups in total. The molecule has 0 fully saturated rings. The highest BCUT2D eigenvalue weighted by molar-refractivity contribution is 5.79. The second-order valence-electron chi connectivity index (χ2n) is 5.32. The number of fused-ring (bicyclic) bond motifs is 2. The second kappa shape index (κ2) is 5.16. The third-order valence-electron chi connectivity index (χ3n) is 3.73. The Morgan fingerprint density at radius 3 is 2.56 bits per heavy atom. The minimum Gasteiger partial charge on any atom is -0.491 e. The van der Waals surface area contributed by atoms with E-state index < -0.39 is 23.3 Å². The summed E-state index contributed by atoms with van der Waals surface area (Å²) in [5, 5.41) is 0. The number of oxazole rings is 1. The molecular weight excluding hydrogens is 344 g/mol. The van der Waals surface area contributed by atoms with Gasteiger partial charge in [-0.2, -0.15) is 17.6 Å². The maximum absolute atomic E-state index is 13.7. The van der Waals surface area contributed by atoms with Gasteiger partial charge in [0.1, 0.15) is 11.3 Å². The smallest absolute Gasteiger partial charge is 0.388 e. The molecule has 0 atom stereocenters. The van der Waals surface area contributed by atoms with Gasteiger partial charge in [-0.05, 0) is 25.1 Å². The molecule has 0 bridgehead atoms. The summed E-state index contributed by atoms with van der Waals surface area (Å²) >= 11 is 0. The van der Waals surface area contributed by atoms with Gasteiger partial charge in [0.25, 0.3) is 0 Å². The number of aromatic nitrogens is 2. The van der Waals surface area contributed by atoms with Crippen LogP contribution in [0.4, 0.5) is 17.6 Å². The van der Waals surface area contributed by atoms with Crippen LogP contribution in [-0.2, 0) is 17.0 Å². The van der Waals surface area contributed by atoms with E-state index in [1.807, 2.05) is 0 Å². The molecule has 1 aliphatic heterocycles. The monoisotopic (exact) mass is 354 g/mol. The number of halogens is 4. The van der Waals surface area contributed by atoms with Crippen molar-refractivity contribution in [1.82, 2.24) is 9.97 Å². The fourth-order valence-corrected chi connectivity index (χ4v) is 2.67. The Balaban J connectivity index is 1.89. The van der Waals surface area contributed by atoms with Gasteiger partial charge >= 0.3 is 12.2 Å². The van der Waals surface area contributed by atoms with E-state index in [2.05, 4.69) is 14.7 Å². The average Bonchev–Trinajstić information content (AvgIpc) is 3.03. The first-order chi connectivity index (χ1) is 11.8. The van der Waals surface area contributed by atoms with Crippen LogP contribution in [0.1, 0.15) is 18.1 Å². The van der Waals surface area contributed by atoms with Crippen molar-refractivity contribution in [2.45, 2.75) is 19.1 Å². The number of alkyl halides is 4. The zero-order chi connectivity index (χ0) is 17.8. The van der Waals surface area contributed by atoms with Crippen LogP contribution in [-0.4, -0.2) is 16.6 Å². The lowest BCUT2D eigenvalue weighted by Gasteiger charge is -2.10. The lowest BCUT2D eigenvalue weighted by Crippen LogP contribution is -2.17. The first-order valence-electron chi connectivity index (χ1n) is 7.30. The normalized spacial score (nSPS) is 17.6. The van der Waals surface area contributed by atoms with Gasteiger partial charge in [0.15, 0.2) is 5.58 Å². The van der Waals surface area contributed by atoms with E-state index in [1.165, 1.54) is 12.4 Å². The van der Waals surface area contributed by atoms with Gasteiger partial charge in [-0.25, -0.2) is 9.72 Å². The van der Waals surface area contributed by atoms with Crippen molar-refractivity contribution >= 4 is 11.1 Å². The van der Waals surface area contributed by atoms with Crippen LogP contribution in [0.3, 0.4) is 0 Å². The predicted molar refractivity (Wildman–Crippen MR) is 77.3 cm³/mol. The van der Waals surface area contributed by atoms with Crippen molar-refractivity contribution in [3.8, 4) is 17.2 Å². The standard InChI is InChI=1S/C16H10F4N2O3/c1-2-23-13-7-21-4-3-8(13)14-22-11-5-9-10(6-12(11)24-14)16(19,20)25-15(9,17)18/h3-7H,2H2,1H3. The fourth-order valence-electron chi connectivity index (χ4n) is 2.67. The van der Waals surface area contributed by atoms with Crippen LogP contribution in [0.5, 0.6) is 5.75 Å². The van der Waals surface area contributed by atoms with Crippen molar-refractivity contribution in [2.75, 3.05) is 6.61 Å². The third-order valence-corrected chi connectivity index (χ3v) is 3.73. The molecule has 25 heavy (non-hydrogen) atoms. The molecule has 0 unspecified atom stereocenters. The fraction of sp³-hybridized carbons (Fsp3) is 0.250. The van der Waals surface area contributed by atoms with Crippen LogP contribution in [0.15, 0.2) is 35.0 Å². The predicted octanol–water partition coefficient (Wildman–Crippen LogP) is 4.42. The molecule has 2 aromatic heterocycles. The summed E-state index contributed by atoms with van der Waals surface area (Å²) in [7, 11) is 0. The molecule has 0 aliphatic carbocycles. The summed E-state index contributed by atoms with van der Waals surface area (Å²) in [5.41, 5.74) is -1.48. The molecule has 0 spiro atoms. The number of hydrogen-bond acceptors (Lipinski definition) is 5. The molecule has 1 aliphatic rings. The summed E-state index contributed by atoms with van der Waals surface area (Å²) in [6.07, 6.45) is -5.28. The Morgan fingerprint density at radius 2 is 1.84 bits per heavy atom. The van der Waals surface area contributed by atoms with Gasteiger partial charge in [-0.15, -0.1) is 0 Å². The highest BCUT2D eigenvalue weighted by Crippen LogP contribution is 2.52. The Bertz CT molecular complexity index is 920. The van der Waals surface area contributed by atoms with Gasteiger partial charge < -0.3 is 9.15 Å². The molecule has 3 heterocycles. The van der Waals surface area contributed by atoms with E-state index in [9.17, 15) is 17.6 Å². The zero-order valence-electron chi connectivity index (χ0n) is 12.7. The van der Waals surface area contributed by atoms with Crippen LogP contribution < -0.4 is 4.74 Å². The number of hydrogen-bond donors (Lipinski definition) is 0. The number of rotatable bonds is 3. The molecule has 3 aromatic rings. The molecule has 4 rings (SSSR count). The van der Waals surface area contributed by atoms with Gasteiger partial charge in [0, 0.05) is 6.20 Å². The molecule has 0 saturated heterocycles. The molecule has 0 saturated carbocycles. The number of ether oxygens (including phenoxy) is 2. The lowest BCUT2D eigenvalue weighted by atomic mass is 10.1. The minimum absolute atomic E-state index is 0.00832. The molecule has 0 amide bonds.